The van der Waals surface area contributed by atoms with Crippen LogP contribution in [-0.2, 0) is 17.8 Å². The predicted molar refractivity (Wildman–Crippen MR) is 114 cm³/mol. The molecule has 5 heteroatoms. The van der Waals surface area contributed by atoms with Crippen molar-refractivity contribution >= 4 is 32.6 Å². The lowest BCUT2D eigenvalue weighted by molar-refractivity contribution is -0.118. The van der Waals surface area contributed by atoms with Gasteiger partial charge in [0.15, 0.2) is 5.13 Å². The van der Waals surface area contributed by atoms with Gasteiger partial charge < -0.3 is 4.74 Å². The molecule has 1 heterocycles. The van der Waals surface area contributed by atoms with E-state index in [0.717, 1.165) is 27.1 Å². The van der Waals surface area contributed by atoms with Gasteiger partial charge in [-0.05, 0) is 29.3 Å². The number of ether oxygens (including phenoxy) is 1. The van der Waals surface area contributed by atoms with E-state index in [2.05, 4.69) is 0 Å². The number of benzene rings is 3. The fourth-order valence-electron chi connectivity index (χ4n) is 3.03. The Kier molecular flexibility index (Phi) is 5.35. The topological polar surface area (TPSA) is 42.4 Å². The summed E-state index contributed by atoms with van der Waals surface area (Å²) < 4.78 is 6.31. The minimum atomic E-state index is 0.0288. The predicted octanol–water partition coefficient (Wildman–Crippen LogP) is 5.08. The molecular weight excluding hydrogens is 368 g/mol. The molecule has 0 N–H and O–H groups in total. The van der Waals surface area contributed by atoms with Crippen LogP contribution in [0.2, 0.25) is 0 Å². The van der Waals surface area contributed by atoms with Crippen molar-refractivity contribution in [3.63, 3.8) is 0 Å². The number of fused-ring (bicyclic) bond motifs is 1. The molecule has 3 aromatic carbocycles. The summed E-state index contributed by atoms with van der Waals surface area (Å²) in [6.45, 7) is 0.490. The SMILES string of the molecule is COc1ccc2nc(N(Cc3ccccc3)C(=O)Cc3ccccc3)sc2c1. The van der Waals surface area contributed by atoms with Crippen molar-refractivity contribution in [2.75, 3.05) is 12.0 Å². The molecule has 0 spiro atoms. The molecule has 1 aromatic heterocycles. The quantitative estimate of drug-likeness (QED) is 0.462. The molecule has 140 valence electrons. The number of nitrogens with zero attached hydrogens (tertiary/aromatic N) is 2. The summed E-state index contributed by atoms with van der Waals surface area (Å²) in [5.41, 5.74) is 2.93. The highest BCUT2D eigenvalue weighted by Crippen LogP contribution is 2.32. The van der Waals surface area contributed by atoms with Crippen molar-refractivity contribution in [3.05, 3.63) is 90.0 Å². The standard InChI is InChI=1S/C23H20N2O2S/c1-27-19-12-13-20-21(15-19)28-23(24-20)25(16-18-10-6-3-7-11-18)22(26)14-17-8-4-2-5-9-17/h2-13,15H,14,16H2,1H3. The Bertz CT molecular complexity index is 1080. The van der Waals surface area contributed by atoms with Gasteiger partial charge in [-0.2, -0.15) is 0 Å². The Morgan fingerprint density at radius 1 is 0.964 bits per heavy atom. The number of anilines is 1. The summed E-state index contributed by atoms with van der Waals surface area (Å²) in [5.74, 6) is 0.814. The number of aromatic nitrogens is 1. The van der Waals surface area contributed by atoms with Crippen LogP contribution in [0.4, 0.5) is 5.13 Å². The summed E-state index contributed by atoms with van der Waals surface area (Å²) in [4.78, 5) is 19.7. The van der Waals surface area contributed by atoms with Crippen molar-refractivity contribution in [3.8, 4) is 5.75 Å². The second-order valence-electron chi connectivity index (χ2n) is 6.46. The van der Waals surface area contributed by atoms with Gasteiger partial charge in [-0.3, -0.25) is 9.69 Å². The lowest BCUT2D eigenvalue weighted by atomic mass is 10.1. The van der Waals surface area contributed by atoms with Crippen molar-refractivity contribution in [1.29, 1.82) is 0 Å². The molecule has 0 aliphatic carbocycles. The van der Waals surface area contributed by atoms with Crippen molar-refractivity contribution in [2.24, 2.45) is 0 Å². The second-order valence-corrected chi connectivity index (χ2v) is 7.47. The van der Waals surface area contributed by atoms with E-state index >= 15 is 0 Å². The van der Waals surface area contributed by atoms with Gasteiger partial charge in [-0.25, -0.2) is 4.98 Å². The van der Waals surface area contributed by atoms with E-state index in [0.29, 0.717) is 18.1 Å². The number of carbonyl (C=O) groups is 1. The first-order valence-corrected chi connectivity index (χ1v) is 9.87. The Morgan fingerprint density at radius 3 is 2.32 bits per heavy atom. The molecular formula is C23H20N2O2S. The Hall–Kier alpha value is -3.18. The van der Waals surface area contributed by atoms with Gasteiger partial charge in [-0.15, -0.1) is 0 Å². The monoisotopic (exact) mass is 388 g/mol. The van der Waals surface area contributed by atoms with E-state index in [1.807, 2.05) is 78.9 Å². The Morgan fingerprint density at radius 2 is 1.64 bits per heavy atom. The second kappa shape index (κ2) is 8.23. The van der Waals surface area contributed by atoms with Gasteiger partial charge in [0, 0.05) is 0 Å². The van der Waals surface area contributed by atoms with Crippen LogP contribution in [0, 0.1) is 0 Å². The molecule has 0 radical (unpaired) electrons. The minimum absolute atomic E-state index is 0.0288. The number of rotatable bonds is 6. The van der Waals surface area contributed by atoms with Crippen molar-refractivity contribution in [1.82, 2.24) is 4.98 Å². The van der Waals surface area contributed by atoms with Crippen LogP contribution in [0.25, 0.3) is 10.2 Å². The van der Waals surface area contributed by atoms with Gasteiger partial charge >= 0.3 is 0 Å². The number of carbonyl (C=O) groups excluding carboxylic acids is 1. The first-order chi connectivity index (χ1) is 13.7. The maximum Gasteiger partial charge on any atom is 0.233 e. The Labute approximate surface area is 168 Å². The van der Waals surface area contributed by atoms with E-state index in [1.165, 1.54) is 11.3 Å². The molecule has 0 saturated heterocycles. The van der Waals surface area contributed by atoms with Gasteiger partial charge in [0.25, 0.3) is 0 Å². The van der Waals surface area contributed by atoms with Gasteiger partial charge in [0.05, 0.1) is 30.3 Å². The van der Waals surface area contributed by atoms with Crippen molar-refractivity contribution in [2.45, 2.75) is 13.0 Å². The zero-order chi connectivity index (χ0) is 19.3. The molecule has 4 nitrogen and oxygen atoms in total. The maximum atomic E-state index is 13.2. The number of methoxy groups -OCH3 is 1. The largest absolute Gasteiger partial charge is 0.497 e. The van der Waals surface area contributed by atoms with Gasteiger partial charge in [-0.1, -0.05) is 72.0 Å². The highest BCUT2D eigenvalue weighted by molar-refractivity contribution is 7.22. The lowest BCUT2D eigenvalue weighted by Crippen LogP contribution is -2.31. The number of hydrogen-bond donors (Lipinski definition) is 0. The van der Waals surface area contributed by atoms with E-state index in [-0.39, 0.29) is 5.91 Å². The third-order valence-corrected chi connectivity index (χ3v) is 5.54. The van der Waals surface area contributed by atoms with Crippen molar-refractivity contribution < 1.29 is 9.53 Å². The zero-order valence-corrected chi connectivity index (χ0v) is 16.4. The van der Waals surface area contributed by atoms with Crippen LogP contribution >= 0.6 is 11.3 Å². The molecule has 0 saturated carbocycles. The Balaban J connectivity index is 1.68. The molecule has 0 atom stereocenters. The van der Waals surface area contributed by atoms with E-state index in [9.17, 15) is 4.79 Å². The minimum Gasteiger partial charge on any atom is -0.497 e. The van der Waals surface area contributed by atoms with E-state index in [1.54, 1.807) is 12.0 Å². The number of amides is 1. The number of thiazole rings is 1. The van der Waals surface area contributed by atoms with E-state index in [4.69, 9.17) is 9.72 Å². The highest BCUT2D eigenvalue weighted by Gasteiger charge is 2.20. The van der Waals surface area contributed by atoms with Gasteiger partial charge in [0.2, 0.25) is 5.91 Å². The fourth-order valence-corrected chi connectivity index (χ4v) is 4.04. The summed E-state index contributed by atoms with van der Waals surface area (Å²) in [5, 5.41) is 0.702. The van der Waals surface area contributed by atoms with Crippen LogP contribution in [0.3, 0.4) is 0 Å². The average Bonchev–Trinajstić information content (AvgIpc) is 3.16. The summed E-state index contributed by atoms with van der Waals surface area (Å²) in [6.07, 6.45) is 0.340. The first kappa shape index (κ1) is 18.2. The van der Waals surface area contributed by atoms with Crippen LogP contribution in [0.5, 0.6) is 5.75 Å². The molecule has 0 aliphatic heterocycles. The summed E-state index contributed by atoms with van der Waals surface area (Å²) in [6, 6.07) is 25.6. The fraction of sp³-hybridized carbons (Fsp3) is 0.130. The molecule has 4 rings (SSSR count). The lowest BCUT2D eigenvalue weighted by Gasteiger charge is -2.20. The summed E-state index contributed by atoms with van der Waals surface area (Å²) in [7, 11) is 1.65. The molecule has 0 fully saturated rings. The summed E-state index contributed by atoms with van der Waals surface area (Å²) >= 11 is 1.51. The third kappa shape index (κ3) is 4.05. The normalized spacial score (nSPS) is 10.8. The van der Waals surface area contributed by atoms with Crippen LogP contribution in [-0.4, -0.2) is 18.0 Å². The molecule has 0 unspecified atom stereocenters. The van der Waals surface area contributed by atoms with Crippen LogP contribution in [0.15, 0.2) is 78.9 Å². The molecule has 0 aliphatic rings. The average molecular weight is 388 g/mol. The van der Waals surface area contributed by atoms with Gasteiger partial charge in [0.1, 0.15) is 5.75 Å². The molecule has 4 aromatic rings. The maximum absolute atomic E-state index is 13.2. The highest BCUT2D eigenvalue weighted by atomic mass is 32.1. The van der Waals surface area contributed by atoms with E-state index < -0.39 is 0 Å². The molecule has 1 amide bonds. The first-order valence-electron chi connectivity index (χ1n) is 9.06. The third-order valence-electron chi connectivity index (χ3n) is 4.50. The number of hydrogen-bond acceptors (Lipinski definition) is 4. The zero-order valence-electron chi connectivity index (χ0n) is 15.5. The smallest absolute Gasteiger partial charge is 0.233 e. The molecule has 28 heavy (non-hydrogen) atoms. The van der Waals surface area contributed by atoms with Crippen LogP contribution in [0.1, 0.15) is 11.1 Å². The van der Waals surface area contributed by atoms with Crippen LogP contribution < -0.4 is 9.64 Å². The molecule has 0 bridgehead atoms.